The Kier molecular flexibility index (Phi) is 6.78. The molecule has 1 unspecified atom stereocenters. The predicted octanol–water partition coefficient (Wildman–Crippen LogP) is 3.86. The lowest BCUT2D eigenvalue weighted by Gasteiger charge is -2.14. The first-order valence-corrected chi connectivity index (χ1v) is 6.97. The first-order valence-electron chi connectivity index (χ1n) is 6.18. The van der Waals surface area contributed by atoms with Crippen molar-refractivity contribution in [2.45, 2.75) is 32.9 Å². The van der Waals surface area contributed by atoms with E-state index in [1.807, 2.05) is 13.8 Å². The summed E-state index contributed by atoms with van der Waals surface area (Å²) in [6.45, 7) is 5.74. The molecular formula is C13H17BrF3NO2. The summed E-state index contributed by atoms with van der Waals surface area (Å²) in [5.74, 6) is -0.246. The molecule has 0 aromatic heterocycles. The minimum Gasteiger partial charge on any atom is -0.405 e. The maximum Gasteiger partial charge on any atom is 0.573 e. The van der Waals surface area contributed by atoms with Crippen LogP contribution in [-0.4, -0.2) is 25.6 Å². The molecule has 7 heteroatoms. The summed E-state index contributed by atoms with van der Waals surface area (Å²) in [5.41, 5.74) is 0.857. The van der Waals surface area contributed by atoms with E-state index in [2.05, 4.69) is 26.0 Å². The van der Waals surface area contributed by atoms with Gasteiger partial charge in [0.05, 0.1) is 10.6 Å². The molecule has 0 aliphatic carbocycles. The fourth-order valence-corrected chi connectivity index (χ4v) is 2.13. The largest absolute Gasteiger partial charge is 0.573 e. The molecule has 0 radical (unpaired) electrons. The zero-order valence-corrected chi connectivity index (χ0v) is 12.8. The van der Waals surface area contributed by atoms with Crippen molar-refractivity contribution < 1.29 is 22.6 Å². The highest BCUT2D eigenvalue weighted by molar-refractivity contribution is 9.10. The van der Waals surface area contributed by atoms with E-state index in [1.54, 1.807) is 12.1 Å². The first kappa shape index (κ1) is 17.3. The van der Waals surface area contributed by atoms with Crippen molar-refractivity contribution in [1.29, 1.82) is 0 Å². The van der Waals surface area contributed by atoms with E-state index < -0.39 is 6.36 Å². The van der Waals surface area contributed by atoms with Crippen molar-refractivity contribution in [3.05, 3.63) is 28.2 Å². The third-order valence-corrected chi connectivity index (χ3v) is 3.05. The summed E-state index contributed by atoms with van der Waals surface area (Å²) in [4.78, 5) is 0. The van der Waals surface area contributed by atoms with Gasteiger partial charge in [-0.3, -0.25) is 0 Å². The van der Waals surface area contributed by atoms with Crippen LogP contribution in [-0.2, 0) is 11.3 Å². The molecule has 1 N–H and O–H groups in total. The van der Waals surface area contributed by atoms with Crippen LogP contribution < -0.4 is 10.1 Å². The molecule has 0 amide bonds. The van der Waals surface area contributed by atoms with E-state index in [0.29, 0.717) is 19.7 Å². The molecule has 0 heterocycles. The van der Waals surface area contributed by atoms with Gasteiger partial charge in [0, 0.05) is 19.7 Å². The number of halogens is 4. The summed E-state index contributed by atoms with van der Waals surface area (Å²) >= 11 is 3.07. The Morgan fingerprint density at radius 3 is 2.60 bits per heavy atom. The van der Waals surface area contributed by atoms with Gasteiger partial charge in [-0.05, 0) is 47.5 Å². The van der Waals surface area contributed by atoms with E-state index in [1.165, 1.54) is 6.07 Å². The number of nitrogens with one attached hydrogen (secondary N) is 1. The fourth-order valence-electron chi connectivity index (χ4n) is 1.62. The molecule has 0 bridgehead atoms. The zero-order valence-electron chi connectivity index (χ0n) is 11.3. The zero-order chi connectivity index (χ0) is 15.2. The van der Waals surface area contributed by atoms with Gasteiger partial charge in [-0.25, -0.2) is 0 Å². The van der Waals surface area contributed by atoms with Crippen molar-refractivity contribution >= 4 is 15.9 Å². The average Bonchev–Trinajstić information content (AvgIpc) is 2.31. The lowest BCUT2D eigenvalue weighted by molar-refractivity contribution is -0.274. The Balaban J connectivity index is 2.51. The Morgan fingerprint density at radius 1 is 1.35 bits per heavy atom. The number of hydrogen-bond acceptors (Lipinski definition) is 3. The SMILES string of the molecule is CCOC(C)CNCc1ccc(OC(F)(F)F)c(Br)c1. The minimum atomic E-state index is -4.69. The molecule has 0 spiro atoms. The second-order valence-electron chi connectivity index (χ2n) is 4.21. The van der Waals surface area contributed by atoms with Gasteiger partial charge in [0.25, 0.3) is 0 Å². The van der Waals surface area contributed by atoms with Crippen LogP contribution in [0.1, 0.15) is 19.4 Å². The Morgan fingerprint density at radius 2 is 2.05 bits per heavy atom. The molecule has 1 rings (SSSR count). The quantitative estimate of drug-likeness (QED) is 0.805. The van der Waals surface area contributed by atoms with Crippen LogP contribution in [0.25, 0.3) is 0 Å². The van der Waals surface area contributed by atoms with Gasteiger partial charge in [0.2, 0.25) is 0 Å². The van der Waals surface area contributed by atoms with Crippen molar-refractivity contribution in [1.82, 2.24) is 5.32 Å². The molecule has 1 atom stereocenters. The summed E-state index contributed by atoms with van der Waals surface area (Å²) in [7, 11) is 0. The Bertz CT molecular complexity index is 427. The van der Waals surface area contributed by atoms with Gasteiger partial charge in [-0.2, -0.15) is 0 Å². The molecule has 114 valence electrons. The van der Waals surface area contributed by atoms with Crippen LogP contribution in [0.15, 0.2) is 22.7 Å². The molecule has 3 nitrogen and oxygen atoms in total. The fraction of sp³-hybridized carbons (Fsp3) is 0.538. The lowest BCUT2D eigenvalue weighted by Crippen LogP contribution is -2.26. The van der Waals surface area contributed by atoms with Crippen LogP contribution in [0, 0.1) is 0 Å². The summed E-state index contributed by atoms with van der Waals surface area (Å²) < 4.78 is 45.9. The first-order chi connectivity index (χ1) is 9.31. The Hall–Kier alpha value is -0.790. The van der Waals surface area contributed by atoms with Crippen LogP contribution in [0.2, 0.25) is 0 Å². The van der Waals surface area contributed by atoms with Crippen LogP contribution in [0.3, 0.4) is 0 Å². The molecule has 0 saturated carbocycles. The van der Waals surface area contributed by atoms with Crippen molar-refractivity contribution in [3.63, 3.8) is 0 Å². The minimum absolute atomic E-state index is 0.0938. The van der Waals surface area contributed by atoms with Gasteiger partial charge in [0.1, 0.15) is 5.75 Å². The molecule has 0 aliphatic rings. The van der Waals surface area contributed by atoms with Crippen molar-refractivity contribution in [3.8, 4) is 5.75 Å². The monoisotopic (exact) mass is 355 g/mol. The molecule has 1 aromatic carbocycles. The molecule has 1 aromatic rings. The van der Waals surface area contributed by atoms with Gasteiger partial charge >= 0.3 is 6.36 Å². The number of rotatable bonds is 7. The smallest absolute Gasteiger partial charge is 0.405 e. The molecular weight excluding hydrogens is 339 g/mol. The van der Waals surface area contributed by atoms with Crippen molar-refractivity contribution in [2.75, 3.05) is 13.2 Å². The van der Waals surface area contributed by atoms with Crippen LogP contribution >= 0.6 is 15.9 Å². The van der Waals surface area contributed by atoms with Gasteiger partial charge in [-0.1, -0.05) is 6.07 Å². The number of alkyl halides is 3. The molecule has 20 heavy (non-hydrogen) atoms. The summed E-state index contributed by atoms with van der Waals surface area (Å²) in [6.07, 6.45) is -4.59. The second-order valence-corrected chi connectivity index (χ2v) is 5.06. The van der Waals surface area contributed by atoms with E-state index >= 15 is 0 Å². The number of ether oxygens (including phenoxy) is 2. The summed E-state index contributed by atoms with van der Waals surface area (Å²) in [6, 6.07) is 4.48. The number of hydrogen-bond donors (Lipinski definition) is 1. The third-order valence-electron chi connectivity index (χ3n) is 2.43. The topological polar surface area (TPSA) is 30.5 Å². The maximum atomic E-state index is 12.1. The van der Waals surface area contributed by atoms with Gasteiger partial charge in [0.15, 0.2) is 0 Å². The van der Waals surface area contributed by atoms with Crippen LogP contribution in [0.4, 0.5) is 13.2 Å². The second kappa shape index (κ2) is 7.85. The Labute approximate surface area is 124 Å². The highest BCUT2D eigenvalue weighted by Crippen LogP contribution is 2.30. The standard InChI is InChI=1S/C13H17BrF3NO2/c1-3-19-9(2)7-18-8-10-4-5-12(11(14)6-10)20-13(15,16)17/h4-6,9,18H,3,7-8H2,1-2H3. The van der Waals surface area contributed by atoms with E-state index in [4.69, 9.17) is 4.74 Å². The molecule has 0 fully saturated rings. The molecule has 0 saturated heterocycles. The third kappa shape index (κ3) is 6.58. The normalized spacial score (nSPS) is 13.3. The van der Waals surface area contributed by atoms with Crippen LogP contribution in [0.5, 0.6) is 5.75 Å². The van der Waals surface area contributed by atoms with Gasteiger partial charge < -0.3 is 14.8 Å². The highest BCUT2D eigenvalue weighted by Gasteiger charge is 2.31. The maximum absolute atomic E-state index is 12.1. The number of benzene rings is 1. The molecule has 0 aliphatic heterocycles. The van der Waals surface area contributed by atoms with E-state index in [-0.39, 0.29) is 16.3 Å². The van der Waals surface area contributed by atoms with E-state index in [9.17, 15) is 13.2 Å². The predicted molar refractivity (Wildman–Crippen MR) is 73.6 cm³/mol. The van der Waals surface area contributed by atoms with E-state index in [0.717, 1.165) is 5.56 Å². The average molecular weight is 356 g/mol. The summed E-state index contributed by atoms with van der Waals surface area (Å²) in [5, 5.41) is 3.17. The van der Waals surface area contributed by atoms with Gasteiger partial charge in [-0.15, -0.1) is 13.2 Å². The van der Waals surface area contributed by atoms with Crippen molar-refractivity contribution in [2.24, 2.45) is 0 Å². The highest BCUT2D eigenvalue weighted by atomic mass is 79.9. The lowest BCUT2D eigenvalue weighted by atomic mass is 10.2.